The number of nitrogens with one attached hydrogen (secondary N) is 2. The number of hydrogen-bond donors (Lipinski definition) is 2. The number of aryl methyl sites for hydroxylation is 1. The molecular weight excluding hydrogens is 388 g/mol. The number of morpholine rings is 1. The predicted octanol–water partition coefficient (Wildman–Crippen LogP) is 0.790. The van der Waals surface area contributed by atoms with Crippen LogP contribution >= 0.6 is 11.3 Å². The van der Waals surface area contributed by atoms with Crippen molar-refractivity contribution in [1.82, 2.24) is 14.9 Å². The van der Waals surface area contributed by atoms with Gasteiger partial charge in [-0.15, -0.1) is 11.3 Å². The van der Waals surface area contributed by atoms with Gasteiger partial charge in [0.15, 0.2) is 5.96 Å². The van der Waals surface area contributed by atoms with E-state index in [1.165, 1.54) is 11.3 Å². The number of hydrogen-bond acceptors (Lipinski definition) is 6. The van der Waals surface area contributed by atoms with E-state index >= 15 is 0 Å². The van der Waals surface area contributed by atoms with E-state index in [1.807, 2.05) is 13.0 Å². The average molecular weight is 417 g/mol. The van der Waals surface area contributed by atoms with Crippen molar-refractivity contribution < 1.29 is 17.9 Å². The van der Waals surface area contributed by atoms with Gasteiger partial charge in [0.05, 0.1) is 12.7 Å². The maximum Gasteiger partial charge on any atom is 0.250 e. The van der Waals surface area contributed by atoms with Gasteiger partial charge in [0, 0.05) is 44.7 Å². The molecule has 2 fully saturated rings. The van der Waals surface area contributed by atoms with Crippen LogP contribution in [0, 0.1) is 6.92 Å². The third kappa shape index (κ3) is 5.41. The molecule has 0 amide bonds. The molecule has 2 N–H and O–H groups in total. The topological polar surface area (TPSA) is 92.3 Å². The number of ether oxygens (including phenoxy) is 2. The number of sulfonamides is 1. The van der Waals surface area contributed by atoms with Crippen LogP contribution < -0.4 is 10.0 Å². The first kappa shape index (κ1) is 20.5. The summed E-state index contributed by atoms with van der Waals surface area (Å²) in [5, 5.41) is 3.24. The summed E-state index contributed by atoms with van der Waals surface area (Å²) in [6.45, 7) is 5.56. The molecule has 3 heterocycles. The molecule has 0 aliphatic carbocycles. The Labute approximate surface area is 165 Å². The van der Waals surface area contributed by atoms with Crippen molar-refractivity contribution in [2.75, 3.05) is 46.4 Å². The molecule has 1 aromatic heterocycles. The summed E-state index contributed by atoms with van der Waals surface area (Å²) in [6, 6.07) is 3.44. The second kappa shape index (κ2) is 9.33. The molecule has 3 rings (SSSR count). The first-order valence-corrected chi connectivity index (χ1v) is 11.5. The lowest BCUT2D eigenvalue weighted by molar-refractivity contribution is -0.0816. The molecule has 2 saturated heterocycles. The molecule has 1 aromatic rings. The lowest BCUT2D eigenvalue weighted by Crippen LogP contribution is -2.54. The van der Waals surface area contributed by atoms with Crippen LogP contribution in [0.25, 0.3) is 0 Å². The summed E-state index contributed by atoms with van der Waals surface area (Å²) < 4.78 is 39.1. The van der Waals surface area contributed by atoms with Crippen molar-refractivity contribution in [3.63, 3.8) is 0 Å². The molecule has 27 heavy (non-hydrogen) atoms. The normalized spacial score (nSPS) is 24.4. The van der Waals surface area contributed by atoms with Crippen LogP contribution in [0.1, 0.15) is 17.7 Å². The van der Waals surface area contributed by atoms with E-state index < -0.39 is 10.0 Å². The van der Waals surface area contributed by atoms with Crippen LogP contribution in [0.5, 0.6) is 0 Å². The number of thiophene rings is 1. The molecule has 10 heteroatoms. The van der Waals surface area contributed by atoms with Crippen LogP contribution in [0.4, 0.5) is 0 Å². The summed E-state index contributed by atoms with van der Waals surface area (Å²) in [5.41, 5.74) is 0. The van der Waals surface area contributed by atoms with Gasteiger partial charge < -0.3 is 19.7 Å². The fourth-order valence-electron chi connectivity index (χ4n) is 3.31. The highest BCUT2D eigenvalue weighted by Crippen LogP contribution is 2.21. The highest BCUT2D eigenvalue weighted by atomic mass is 32.2. The van der Waals surface area contributed by atoms with Gasteiger partial charge in [-0.25, -0.2) is 13.1 Å². The Kier molecular flexibility index (Phi) is 7.10. The molecule has 2 atom stereocenters. The Balaban J connectivity index is 1.46. The van der Waals surface area contributed by atoms with Gasteiger partial charge in [-0.2, -0.15) is 0 Å². The highest BCUT2D eigenvalue weighted by molar-refractivity contribution is 7.91. The largest absolute Gasteiger partial charge is 0.375 e. The molecule has 2 unspecified atom stereocenters. The fourth-order valence-corrected chi connectivity index (χ4v) is 5.67. The van der Waals surface area contributed by atoms with Gasteiger partial charge in [-0.05, 0) is 31.9 Å². The number of guanidine groups is 1. The Morgan fingerprint density at radius 3 is 2.78 bits per heavy atom. The SMILES string of the molecule is CN=C(NCCNS(=O)(=O)c1ccc(C)s1)N1CCOC(C2CCCO2)C1. The van der Waals surface area contributed by atoms with Crippen LogP contribution in [0.3, 0.4) is 0 Å². The van der Waals surface area contributed by atoms with Gasteiger partial charge in [0.25, 0.3) is 0 Å². The lowest BCUT2D eigenvalue weighted by atomic mass is 10.1. The third-order valence-corrected chi connectivity index (χ3v) is 7.62. The van der Waals surface area contributed by atoms with Crippen LogP contribution in [-0.2, 0) is 19.5 Å². The maximum atomic E-state index is 12.3. The van der Waals surface area contributed by atoms with Crippen molar-refractivity contribution in [3.8, 4) is 0 Å². The molecule has 2 aliphatic rings. The Morgan fingerprint density at radius 1 is 1.30 bits per heavy atom. The van der Waals surface area contributed by atoms with Gasteiger partial charge in [0.2, 0.25) is 10.0 Å². The zero-order valence-electron chi connectivity index (χ0n) is 15.8. The minimum atomic E-state index is -3.45. The van der Waals surface area contributed by atoms with E-state index in [0.717, 1.165) is 43.4 Å². The van der Waals surface area contributed by atoms with Gasteiger partial charge in [-0.3, -0.25) is 4.99 Å². The minimum Gasteiger partial charge on any atom is -0.375 e. The van der Waals surface area contributed by atoms with E-state index in [4.69, 9.17) is 9.47 Å². The molecule has 0 bridgehead atoms. The summed E-state index contributed by atoms with van der Waals surface area (Å²) >= 11 is 1.27. The Morgan fingerprint density at radius 2 is 2.11 bits per heavy atom. The smallest absolute Gasteiger partial charge is 0.250 e. The standard InChI is InChI=1S/C17H28N4O4S2/c1-13-5-6-16(26-13)27(22,23)20-8-7-19-17(18-2)21-9-11-25-15(12-21)14-4-3-10-24-14/h5-6,14-15,20H,3-4,7-12H2,1-2H3,(H,18,19). The highest BCUT2D eigenvalue weighted by Gasteiger charge is 2.32. The number of nitrogens with zero attached hydrogens (tertiary/aromatic N) is 2. The van der Waals surface area contributed by atoms with Gasteiger partial charge >= 0.3 is 0 Å². The summed E-state index contributed by atoms with van der Waals surface area (Å²) in [5.74, 6) is 0.757. The average Bonchev–Trinajstić information content (AvgIpc) is 3.34. The Bertz CT molecular complexity index is 744. The number of rotatable bonds is 6. The molecular formula is C17H28N4O4S2. The van der Waals surface area contributed by atoms with Crippen molar-refractivity contribution in [2.24, 2.45) is 4.99 Å². The third-order valence-electron chi connectivity index (χ3n) is 4.67. The van der Waals surface area contributed by atoms with E-state index in [1.54, 1.807) is 13.1 Å². The molecule has 0 radical (unpaired) electrons. The van der Waals surface area contributed by atoms with Gasteiger partial charge in [0.1, 0.15) is 10.3 Å². The maximum absolute atomic E-state index is 12.3. The molecule has 152 valence electrons. The lowest BCUT2D eigenvalue weighted by Gasteiger charge is -2.37. The van der Waals surface area contributed by atoms with E-state index in [0.29, 0.717) is 17.4 Å². The molecule has 0 saturated carbocycles. The van der Waals surface area contributed by atoms with E-state index in [2.05, 4.69) is 19.9 Å². The summed E-state index contributed by atoms with van der Waals surface area (Å²) in [6.07, 6.45) is 2.34. The first-order chi connectivity index (χ1) is 13.0. The molecule has 8 nitrogen and oxygen atoms in total. The van der Waals surface area contributed by atoms with E-state index in [9.17, 15) is 8.42 Å². The zero-order valence-corrected chi connectivity index (χ0v) is 17.4. The Hall–Kier alpha value is -1.20. The van der Waals surface area contributed by atoms with Crippen LogP contribution in [0.2, 0.25) is 0 Å². The molecule has 0 spiro atoms. The van der Waals surface area contributed by atoms with Crippen LogP contribution in [-0.4, -0.2) is 77.9 Å². The second-order valence-electron chi connectivity index (χ2n) is 6.64. The van der Waals surface area contributed by atoms with E-state index in [-0.39, 0.29) is 18.8 Å². The van der Waals surface area contributed by atoms with Gasteiger partial charge in [-0.1, -0.05) is 0 Å². The monoisotopic (exact) mass is 416 g/mol. The zero-order chi connectivity index (χ0) is 19.3. The quantitative estimate of drug-likeness (QED) is 0.405. The van der Waals surface area contributed by atoms with Crippen molar-refractivity contribution in [3.05, 3.63) is 17.0 Å². The van der Waals surface area contributed by atoms with Crippen molar-refractivity contribution in [1.29, 1.82) is 0 Å². The summed E-state index contributed by atoms with van der Waals surface area (Å²) in [4.78, 5) is 7.45. The summed E-state index contributed by atoms with van der Waals surface area (Å²) in [7, 11) is -1.72. The first-order valence-electron chi connectivity index (χ1n) is 9.24. The van der Waals surface area contributed by atoms with Crippen molar-refractivity contribution >= 4 is 27.3 Å². The molecule has 0 aromatic carbocycles. The fraction of sp³-hybridized carbons (Fsp3) is 0.706. The van der Waals surface area contributed by atoms with Crippen molar-refractivity contribution in [2.45, 2.75) is 36.2 Å². The minimum absolute atomic E-state index is 0.0559. The molecule has 2 aliphatic heterocycles. The van der Waals surface area contributed by atoms with Crippen LogP contribution in [0.15, 0.2) is 21.3 Å². The second-order valence-corrected chi connectivity index (χ2v) is 9.93. The number of aliphatic imine (C=N–C) groups is 1. The predicted molar refractivity (Wildman–Crippen MR) is 106 cm³/mol.